The van der Waals surface area contributed by atoms with Crippen molar-refractivity contribution in [3.8, 4) is 5.88 Å². The number of aryl methyl sites for hydroxylation is 2. The molecule has 1 aromatic heterocycles. The lowest BCUT2D eigenvalue weighted by molar-refractivity contribution is 0.292. The number of hydrogen-bond acceptors (Lipinski definition) is 4. The van der Waals surface area contributed by atoms with Crippen LogP contribution in [-0.4, -0.2) is 9.97 Å². The van der Waals surface area contributed by atoms with Crippen LogP contribution < -0.4 is 10.1 Å². The molecular weight excluding hydrogens is 343 g/mol. The Kier molecular flexibility index (Phi) is 5.06. The number of nitrogens with one attached hydrogen (secondary N) is 1. The molecule has 0 fully saturated rings. The fourth-order valence-electron chi connectivity index (χ4n) is 2.31. The fourth-order valence-corrected chi connectivity index (χ4v) is 2.31. The van der Waals surface area contributed by atoms with E-state index in [0.29, 0.717) is 22.5 Å². The van der Waals surface area contributed by atoms with Gasteiger partial charge in [-0.15, -0.1) is 0 Å². The van der Waals surface area contributed by atoms with Crippen molar-refractivity contribution < 1.29 is 17.9 Å². The van der Waals surface area contributed by atoms with Gasteiger partial charge in [0.1, 0.15) is 12.4 Å². The van der Waals surface area contributed by atoms with Crippen molar-refractivity contribution in [1.29, 1.82) is 0 Å². The van der Waals surface area contributed by atoms with Crippen LogP contribution in [0.3, 0.4) is 0 Å². The molecule has 0 aliphatic rings. The summed E-state index contributed by atoms with van der Waals surface area (Å²) in [5.41, 5.74) is 2.27. The quantitative estimate of drug-likeness (QED) is 0.709. The Bertz CT molecular complexity index is 947. The van der Waals surface area contributed by atoms with E-state index in [9.17, 15) is 13.2 Å². The zero-order valence-electron chi connectivity index (χ0n) is 14.2. The molecule has 0 amide bonds. The number of nitrogens with zero attached hydrogens (tertiary/aromatic N) is 2. The predicted molar refractivity (Wildman–Crippen MR) is 91.9 cm³/mol. The smallest absolute Gasteiger partial charge is 0.230 e. The van der Waals surface area contributed by atoms with Crippen LogP contribution in [0.5, 0.6) is 5.88 Å². The maximum atomic E-state index is 13.4. The Morgan fingerprint density at radius 2 is 1.65 bits per heavy atom. The molecule has 1 N–H and O–H groups in total. The van der Waals surface area contributed by atoms with E-state index in [1.807, 2.05) is 0 Å². The number of ether oxygens (including phenoxy) is 1. The first-order valence-corrected chi connectivity index (χ1v) is 7.86. The van der Waals surface area contributed by atoms with Gasteiger partial charge in [-0.2, -0.15) is 4.98 Å². The molecule has 7 heteroatoms. The van der Waals surface area contributed by atoms with Crippen LogP contribution in [0, 0.1) is 31.3 Å². The molecule has 3 rings (SSSR count). The molecule has 134 valence electrons. The molecule has 0 aliphatic heterocycles. The molecule has 0 unspecified atom stereocenters. The topological polar surface area (TPSA) is 47.0 Å². The lowest BCUT2D eigenvalue weighted by Crippen LogP contribution is -2.03. The predicted octanol–water partition coefficient (Wildman–Crippen LogP) is 4.83. The number of aromatic nitrogens is 2. The van der Waals surface area contributed by atoms with Gasteiger partial charge in [0, 0.05) is 17.4 Å². The van der Waals surface area contributed by atoms with Gasteiger partial charge in [-0.1, -0.05) is 6.07 Å². The SMILES string of the molecule is Cc1cc(OCc2ccc(F)c(F)c2)nc(Nc2ccc(F)c(C)c2)n1. The highest BCUT2D eigenvalue weighted by Crippen LogP contribution is 2.20. The van der Waals surface area contributed by atoms with Crippen molar-refractivity contribution in [3.63, 3.8) is 0 Å². The van der Waals surface area contributed by atoms with Crippen molar-refractivity contribution in [2.45, 2.75) is 20.5 Å². The summed E-state index contributed by atoms with van der Waals surface area (Å²) in [4.78, 5) is 8.49. The van der Waals surface area contributed by atoms with Crippen molar-refractivity contribution in [1.82, 2.24) is 9.97 Å². The largest absolute Gasteiger partial charge is 0.473 e. The van der Waals surface area contributed by atoms with Gasteiger partial charge in [-0.3, -0.25) is 0 Å². The van der Waals surface area contributed by atoms with Crippen LogP contribution >= 0.6 is 0 Å². The Morgan fingerprint density at radius 1 is 0.885 bits per heavy atom. The standard InChI is InChI=1S/C19H16F3N3O/c1-11-7-14(4-6-15(11)20)24-19-23-12(2)8-18(25-19)26-10-13-3-5-16(21)17(22)9-13/h3-9H,10H2,1-2H3,(H,23,24,25). The molecule has 0 atom stereocenters. The minimum Gasteiger partial charge on any atom is -0.473 e. The molecule has 0 bridgehead atoms. The first kappa shape index (κ1) is 17.7. The summed E-state index contributed by atoms with van der Waals surface area (Å²) in [6, 6.07) is 9.76. The third-order valence-corrected chi connectivity index (χ3v) is 3.62. The normalized spacial score (nSPS) is 10.7. The van der Waals surface area contributed by atoms with Gasteiger partial charge >= 0.3 is 0 Å². The molecule has 0 saturated carbocycles. The number of hydrogen-bond donors (Lipinski definition) is 1. The maximum absolute atomic E-state index is 13.4. The summed E-state index contributed by atoms with van der Waals surface area (Å²) >= 11 is 0. The maximum Gasteiger partial charge on any atom is 0.230 e. The zero-order valence-corrected chi connectivity index (χ0v) is 14.2. The Morgan fingerprint density at radius 3 is 2.38 bits per heavy atom. The minimum absolute atomic E-state index is 0.0305. The van der Waals surface area contributed by atoms with Crippen molar-refractivity contribution in [2.75, 3.05) is 5.32 Å². The molecule has 0 radical (unpaired) electrons. The van der Waals surface area contributed by atoms with Crippen molar-refractivity contribution in [2.24, 2.45) is 0 Å². The highest BCUT2D eigenvalue weighted by Gasteiger charge is 2.07. The van der Waals surface area contributed by atoms with E-state index in [-0.39, 0.29) is 24.3 Å². The van der Waals surface area contributed by atoms with E-state index >= 15 is 0 Å². The van der Waals surface area contributed by atoms with Crippen LogP contribution in [0.2, 0.25) is 0 Å². The summed E-state index contributed by atoms with van der Waals surface area (Å²) < 4.78 is 45.1. The Hall–Kier alpha value is -3.09. The second-order valence-electron chi connectivity index (χ2n) is 5.80. The summed E-state index contributed by atoms with van der Waals surface area (Å²) in [6.45, 7) is 3.46. The summed E-state index contributed by atoms with van der Waals surface area (Å²) in [5.74, 6) is -1.57. The first-order chi connectivity index (χ1) is 12.4. The van der Waals surface area contributed by atoms with Gasteiger partial charge in [0.2, 0.25) is 11.8 Å². The van der Waals surface area contributed by atoms with Gasteiger partial charge in [-0.25, -0.2) is 18.2 Å². The van der Waals surface area contributed by atoms with E-state index in [0.717, 1.165) is 12.1 Å². The lowest BCUT2D eigenvalue weighted by Gasteiger charge is -2.10. The van der Waals surface area contributed by atoms with Gasteiger partial charge in [0.25, 0.3) is 0 Å². The molecule has 1 heterocycles. The van der Waals surface area contributed by atoms with E-state index in [1.165, 1.54) is 12.1 Å². The lowest BCUT2D eigenvalue weighted by atomic mass is 10.2. The molecular formula is C19H16F3N3O. The third-order valence-electron chi connectivity index (χ3n) is 3.62. The number of rotatable bonds is 5. The van der Waals surface area contributed by atoms with Crippen molar-refractivity contribution in [3.05, 3.63) is 76.7 Å². The molecule has 4 nitrogen and oxygen atoms in total. The second kappa shape index (κ2) is 7.43. The van der Waals surface area contributed by atoms with E-state index in [4.69, 9.17) is 4.74 Å². The van der Waals surface area contributed by atoms with Crippen LogP contribution in [0.1, 0.15) is 16.8 Å². The molecule has 0 aliphatic carbocycles. The van der Waals surface area contributed by atoms with E-state index in [2.05, 4.69) is 15.3 Å². The molecule has 0 spiro atoms. The molecule has 2 aromatic carbocycles. The average Bonchev–Trinajstić information content (AvgIpc) is 2.59. The van der Waals surface area contributed by atoms with Crippen LogP contribution in [0.25, 0.3) is 0 Å². The number of benzene rings is 2. The summed E-state index contributed by atoms with van der Waals surface area (Å²) in [5, 5.41) is 2.99. The Balaban J connectivity index is 1.74. The van der Waals surface area contributed by atoms with Gasteiger partial charge in [0.15, 0.2) is 11.6 Å². The van der Waals surface area contributed by atoms with Crippen molar-refractivity contribution >= 4 is 11.6 Å². The first-order valence-electron chi connectivity index (χ1n) is 7.86. The van der Waals surface area contributed by atoms with E-state index < -0.39 is 11.6 Å². The minimum atomic E-state index is -0.931. The zero-order chi connectivity index (χ0) is 18.7. The number of halogens is 3. The van der Waals surface area contributed by atoms with Crippen LogP contribution in [0.15, 0.2) is 42.5 Å². The van der Waals surface area contributed by atoms with Gasteiger partial charge < -0.3 is 10.1 Å². The summed E-state index contributed by atoms with van der Waals surface area (Å²) in [6.07, 6.45) is 0. The monoisotopic (exact) mass is 359 g/mol. The van der Waals surface area contributed by atoms with Gasteiger partial charge in [0.05, 0.1) is 0 Å². The van der Waals surface area contributed by atoms with Crippen LogP contribution in [-0.2, 0) is 6.61 Å². The summed E-state index contributed by atoms with van der Waals surface area (Å²) in [7, 11) is 0. The highest BCUT2D eigenvalue weighted by atomic mass is 19.2. The van der Waals surface area contributed by atoms with Gasteiger partial charge in [-0.05, 0) is 55.3 Å². The Labute approximate surface area is 148 Å². The third kappa shape index (κ3) is 4.30. The van der Waals surface area contributed by atoms with Crippen LogP contribution in [0.4, 0.5) is 24.8 Å². The highest BCUT2D eigenvalue weighted by molar-refractivity contribution is 5.55. The number of anilines is 2. The molecule has 0 saturated heterocycles. The van der Waals surface area contributed by atoms with E-state index in [1.54, 1.807) is 32.0 Å². The second-order valence-corrected chi connectivity index (χ2v) is 5.80. The average molecular weight is 359 g/mol. The fraction of sp³-hybridized carbons (Fsp3) is 0.158. The molecule has 3 aromatic rings. The molecule has 26 heavy (non-hydrogen) atoms.